The smallest absolute Gasteiger partial charge is 0.339 e. The highest BCUT2D eigenvalue weighted by Crippen LogP contribution is 2.65. The molecule has 134 valence electrons. The van der Waals surface area contributed by atoms with Gasteiger partial charge in [0.2, 0.25) is 11.8 Å². The van der Waals surface area contributed by atoms with Crippen molar-refractivity contribution in [1.82, 2.24) is 0 Å². The Morgan fingerprint density at radius 2 is 1.77 bits per heavy atom. The van der Waals surface area contributed by atoms with Crippen molar-refractivity contribution in [1.29, 1.82) is 0 Å². The van der Waals surface area contributed by atoms with Crippen LogP contribution in [-0.4, -0.2) is 24.4 Å². The van der Waals surface area contributed by atoms with Crippen LogP contribution in [0, 0.1) is 35.5 Å². The molecule has 2 amide bonds. The third-order valence-corrected chi connectivity index (χ3v) is 6.70. The summed E-state index contributed by atoms with van der Waals surface area (Å²) in [6.45, 7) is 1.94. The van der Waals surface area contributed by atoms with Gasteiger partial charge in [0.05, 0.1) is 34.7 Å². The minimum Gasteiger partial charge on any atom is -0.462 e. The van der Waals surface area contributed by atoms with Crippen molar-refractivity contribution in [2.24, 2.45) is 35.5 Å². The summed E-state index contributed by atoms with van der Waals surface area (Å²) in [6.07, 6.45) is 5.41. The molecule has 6 heteroatoms. The molecule has 0 unspecified atom stereocenters. The fourth-order valence-electron chi connectivity index (χ4n) is 5.23. The molecule has 1 aromatic carbocycles. The number of anilines is 1. The number of hydrogen-bond donors (Lipinski definition) is 0. The summed E-state index contributed by atoms with van der Waals surface area (Å²) < 4.78 is 5.02. The second-order valence-electron chi connectivity index (χ2n) is 7.55. The molecule has 5 nitrogen and oxygen atoms in total. The Morgan fingerprint density at radius 1 is 1.15 bits per heavy atom. The number of carbonyl (C=O) groups is 3. The van der Waals surface area contributed by atoms with E-state index < -0.39 is 5.97 Å². The number of benzene rings is 1. The standard InChI is InChI=1S/C20H18ClNO4/c1-2-26-20(25)14-7-9(3-6-15(14)21)22-18(23)16-10-4-5-11(13-8-12(10)13)17(16)19(22)24/h3-7,10-13,16-17H,2,8H2,1H3/t10-,11-,12-,13-,16-,17+/m0/s1. The first kappa shape index (κ1) is 16.1. The monoisotopic (exact) mass is 371 g/mol. The van der Waals surface area contributed by atoms with Crippen LogP contribution >= 0.6 is 11.6 Å². The molecular weight excluding hydrogens is 354 g/mol. The van der Waals surface area contributed by atoms with Crippen molar-refractivity contribution in [3.05, 3.63) is 40.9 Å². The highest BCUT2D eigenvalue weighted by atomic mass is 35.5. The largest absolute Gasteiger partial charge is 0.462 e. The van der Waals surface area contributed by atoms with E-state index in [2.05, 4.69) is 12.2 Å². The zero-order valence-corrected chi connectivity index (χ0v) is 15.0. The maximum atomic E-state index is 13.1. The van der Waals surface area contributed by atoms with Gasteiger partial charge in [-0.25, -0.2) is 9.69 Å². The van der Waals surface area contributed by atoms with Crippen LogP contribution in [0.5, 0.6) is 0 Å². The van der Waals surface area contributed by atoms with Gasteiger partial charge in [0.25, 0.3) is 0 Å². The van der Waals surface area contributed by atoms with Gasteiger partial charge in [-0.05, 0) is 55.2 Å². The van der Waals surface area contributed by atoms with Crippen LogP contribution in [0.25, 0.3) is 0 Å². The van der Waals surface area contributed by atoms with Crippen molar-refractivity contribution in [2.45, 2.75) is 13.3 Å². The molecule has 0 aromatic heterocycles. The fraction of sp³-hybridized carbons (Fsp3) is 0.450. The molecule has 2 bridgehead atoms. The molecule has 1 saturated heterocycles. The van der Waals surface area contributed by atoms with E-state index in [9.17, 15) is 14.4 Å². The molecule has 0 radical (unpaired) electrons. The number of esters is 1. The Morgan fingerprint density at radius 3 is 2.35 bits per heavy atom. The Bertz CT molecular complexity index is 843. The maximum Gasteiger partial charge on any atom is 0.339 e. The number of halogens is 1. The average Bonchev–Trinajstić information content (AvgIpc) is 3.40. The van der Waals surface area contributed by atoms with E-state index in [0.717, 1.165) is 6.42 Å². The lowest BCUT2D eigenvalue weighted by molar-refractivity contribution is -0.124. The molecule has 1 aromatic rings. The van der Waals surface area contributed by atoms with Gasteiger partial charge in [-0.3, -0.25) is 9.59 Å². The first-order valence-electron chi connectivity index (χ1n) is 9.05. The molecule has 5 aliphatic rings. The third kappa shape index (κ3) is 2.01. The normalized spacial score (nSPS) is 36.2. The second kappa shape index (κ2) is 5.43. The zero-order chi connectivity index (χ0) is 18.2. The number of imide groups is 1. The molecule has 6 rings (SSSR count). The van der Waals surface area contributed by atoms with E-state index in [1.54, 1.807) is 13.0 Å². The zero-order valence-electron chi connectivity index (χ0n) is 14.2. The summed E-state index contributed by atoms with van der Waals surface area (Å²) in [4.78, 5) is 39.6. The molecule has 2 saturated carbocycles. The minimum atomic E-state index is -0.557. The van der Waals surface area contributed by atoms with Crippen LogP contribution in [0.4, 0.5) is 5.69 Å². The molecule has 1 aliphatic heterocycles. The van der Waals surface area contributed by atoms with E-state index in [4.69, 9.17) is 16.3 Å². The summed E-state index contributed by atoms with van der Waals surface area (Å²) >= 11 is 6.11. The first-order chi connectivity index (χ1) is 12.5. The third-order valence-electron chi connectivity index (χ3n) is 6.37. The average molecular weight is 372 g/mol. The molecule has 0 N–H and O–H groups in total. The summed E-state index contributed by atoms with van der Waals surface area (Å²) in [7, 11) is 0. The van der Waals surface area contributed by atoms with Crippen molar-refractivity contribution < 1.29 is 19.1 Å². The van der Waals surface area contributed by atoms with Gasteiger partial charge in [-0.2, -0.15) is 0 Å². The van der Waals surface area contributed by atoms with Crippen LogP contribution in [0.15, 0.2) is 30.4 Å². The Hall–Kier alpha value is -2.14. The predicted octanol–water partition coefficient (Wildman–Crippen LogP) is 3.07. The molecule has 4 aliphatic carbocycles. The van der Waals surface area contributed by atoms with Crippen LogP contribution in [0.3, 0.4) is 0 Å². The number of hydrogen-bond acceptors (Lipinski definition) is 4. The van der Waals surface area contributed by atoms with Crippen molar-refractivity contribution in [3.63, 3.8) is 0 Å². The highest BCUT2D eigenvalue weighted by Gasteiger charge is 2.67. The van der Waals surface area contributed by atoms with Crippen LogP contribution < -0.4 is 4.90 Å². The molecule has 3 fully saturated rings. The van der Waals surface area contributed by atoms with E-state index in [0.29, 0.717) is 17.5 Å². The topological polar surface area (TPSA) is 63.7 Å². The first-order valence-corrected chi connectivity index (χ1v) is 9.43. The number of allylic oxidation sites excluding steroid dienone is 2. The van der Waals surface area contributed by atoms with Gasteiger partial charge in [0.1, 0.15) is 0 Å². The van der Waals surface area contributed by atoms with Gasteiger partial charge in [-0.1, -0.05) is 23.8 Å². The number of rotatable bonds is 3. The van der Waals surface area contributed by atoms with Crippen LogP contribution in [0.2, 0.25) is 5.02 Å². The van der Waals surface area contributed by atoms with Gasteiger partial charge in [0, 0.05) is 0 Å². The van der Waals surface area contributed by atoms with E-state index in [1.165, 1.54) is 17.0 Å². The van der Waals surface area contributed by atoms with Crippen molar-refractivity contribution in [3.8, 4) is 0 Å². The fourth-order valence-corrected chi connectivity index (χ4v) is 5.42. The number of nitrogens with zero attached hydrogens (tertiary/aromatic N) is 1. The predicted molar refractivity (Wildman–Crippen MR) is 94.6 cm³/mol. The van der Waals surface area contributed by atoms with Crippen LogP contribution in [-0.2, 0) is 14.3 Å². The molecule has 1 heterocycles. The lowest BCUT2D eigenvalue weighted by atomic mass is 9.63. The Balaban J connectivity index is 1.52. The Kier molecular flexibility index (Phi) is 3.35. The number of ether oxygens (including phenoxy) is 1. The van der Waals surface area contributed by atoms with E-state index in [-0.39, 0.29) is 52.7 Å². The number of carbonyl (C=O) groups excluding carboxylic acids is 3. The summed E-state index contributed by atoms with van der Waals surface area (Å²) in [5.74, 6) is 0.0847. The van der Waals surface area contributed by atoms with Gasteiger partial charge >= 0.3 is 5.97 Å². The van der Waals surface area contributed by atoms with Crippen LogP contribution in [0.1, 0.15) is 23.7 Å². The summed E-state index contributed by atoms with van der Waals surface area (Å²) in [6, 6.07) is 4.65. The number of amides is 2. The van der Waals surface area contributed by atoms with Gasteiger partial charge < -0.3 is 4.74 Å². The lowest BCUT2D eigenvalue weighted by Gasteiger charge is -2.37. The minimum absolute atomic E-state index is 0.151. The van der Waals surface area contributed by atoms with E-state index >= 15 is 0 Å². The molecule has 26 heavy (non-hydrogen) atoms. The lowest BCUT2D eigenvalue weighted by Crippen LogP contribution is -2.40. The quantitative estimate of drug-likeness (QED) is 0.465. The molecular formula is C20H18ClNO4. The van der Waals surface area contributed by atoms with E-state index in [1.807, 2.05) is 0 Å². The summed E-state index contributed by atoms with van der Waals surface area (Å²) in [5.41, 5.74) is 0.570. The van der Waals surface area contributed by atoms with Crippen molar-refractivity contribution >= 4 is 35.1 Å². The van der Waals surface area contributed by atoms with Gasteiger partial charge in [0.15, 0.2) is 0 Å². The maximum absolute atomic E-state index is 13.1. The Labute approximate surface area is 155 Å². The molecule has 0 spiro atoms. The van der Waals surface area contributed by atoms with Gasteiger partial charge in [-0.15, -0.1) is 0 Å². The van der Waals surface area contributed by atoms with Crippen molar-refractivity contribution in [2.75, 3.05) is 11.5 Å². The summed E-state index contributed by atoms with van der Waals surface area (Å²) in [5, 5.41) is 0.242. The highest BCUT2D eigenvalue weighted by molar-refractivity contribution is 6.34. The molecule has 6 atom stereocenters. The second-order valence-corrected chi connectivity index (χ2v) is 7.96. The SMILES string of the molecule is CCOC(=O)c1cc(N2C(=O)[C@@H]3[C@H]4C=C[C@@H]([C@@H]5C[C@@H]45)[C@@H]3C2=O)ccc1Cl.